The van der Waals surface area contributed by atoms with Crippen LogP contribution in [-0.2, 0) is 16.1 Å². The van der Waals surface area contributed by atoms with Gasteiger partial charge in [0.1, 0.15) is 10.7 Å². The fourth-order valence-corrected chi connectivity index (χ4v) is 2.17. The Morgan fingerprint density at radius 1 is 1.22 bits per heavy atom. The van der Waals surface area contributed by atoms with Crippen LogP contribution in [0.3, 0.4) is 0 Å². The van der Waals surface area contributed by atoms with Crippen LogP contribution in [0.2, 0.25) is 5.15 Å². The van der Waals surface area contributed by atoms with Gasteiger partial charge in [0, 0.05) is 12.6 Å². The molecule has 1 aromatic rings. The van der Waals surface area contributed by atoms with Gasteiger partial charge in [-0.15, -0.1) is 0 Å². The maximum atomic E-state index is 12.1. The fraction of sp³-hybridized carbons (Fsp3) is 0.571. The molecule has 1 heterocycles. The van der Waals surface area contributed by atoms with Crippen molar-refractivity contribution in [2.45, 2.75) is 53.1 Å². The van der Waals surface area contributed by atoms with E-state index in [1.165, 1.54) is 0 Å². The Morgan fingerprint density at radius 2 is 1.87 bits per heavy atom. The molecule has 0 radical (unpaired) electrons. The molecule has 0 aliphatic heterocycles. The molecule has 0 unspecified atom stereocenters. The van der Waals surface area contributed by atoms with Crippen LogP contribution in [-0.4, -0.2) is 33.5 Å². The number of unbranched alkanes of at least 4 members (excludes halogenated alkanes) is 1. The highest BCUT2D eigenvalue weighted by Crippen LogP contribution is 2.20. The zero-order valence-electron chi connectivity index (χ0n) is 13.7. The number of halogens is 1. The molecule has 23 heavy (non-hydrogen) atoms. The van der Waals surface area contributed by atoms with Crippen molar-refractivity contribution in [2.75, 3.05) is 0 Å². The molecule has 0 spiro atoms. The molecule has 3 N–H and O–H groups in total. The molecule has 0 aliphatic rings. The largest absolute Gasteiger partial charge is 0.346 e. The van der Waals surface area contributed by atoms with Gasteiger partial charge in [-0.1, -0.05) is 24.9 Å². The number of amides is 3. The van der Waals surface area contributed by atoms with Crippen molar-refractivity contribution < 1.29 is 14.4 Å². The van der Waals surface area contributed by atoms with E-state index in [0.717, 1.165) is 12.8 Å². The van der Waals surface area contributed by atoms with Crippen molar-refractivity contribution >= 4 is 29.3 Å². The van der Waals surface area contributed by atoms with Crippen LogP contribution in [0.4, 0.5) is 0 Å². The van der Waals surface area contributed by atoms with Gasteiger partial charge < -0.3 is 5.32 Å². The Labute approximate surface area is 139 Å². The minimum atomic E-state index is -0.959. The first kappa shape index (κ1) is 19.0. The number of aryl methyl sites for hydroxylation is 2. The second-order valence-electron chi connectivity index (χ2n) is 5.36. The summed E-state index contributed by atoms with van der Waals surface area (Å²) in [4.78, 5) is 35.1. The molecule has 0 fully saturated rings. The number of nitrogens with zero attached hydrogens (tertiary/aromatic N) is 2. The molecule has 8 nitrogen and oxygen atoms in total. The Balaban J connectivity index is 2.70. The highest BCUT2D eigenvalue weighted by Gasteiger charge is 2.21. The van der Waals surface area contributed by atoms with Gasteiger partial charge in [0.05, 0.1) is 5.69 Å². The van der Waals surface area contributed by atoms with E-state index in [2.05, 4.69) is 15.8 Å². The lowest BCUT2D eigenvalue weighted by atomic mass is 10.2. The predicted molar refractivity (Wildman–Crippen MR) is 85.8 cm³/mol. The van der Waals surface area contributed by atoms with E-state index in [1.54, 1.807) is 25.5 Å². The van der Waals surface area contributed by atoms with Crippen molar-refractivity contribution in [2.24, 2.45) is 0 Å². The molecule has 0 atom stereocenters. The summed E-state index contributed by atoms with van der Waals surface area (Å²) >= 11 is 6.15. The first-order valence-corrected chi connectivity index (χ1v) is 7.79. The molecule has 3 amide bonds. The maximum absolute atomic E-state index is 12.1. The monoisotopic (exact) mass is 343 g/mol. The number of aromatic nitrogens is 2. The molecule has 0 aromatic carbocycles. The van der Waals surface area contributed by atoms with Gasteiger partial charge in [0.2, 0.25) is 0 Å². The summed E-state index contributed by atoms with van der Waals surface area (Å²) < 4.78 is 1.54. The second kappa shape index (κ2) is 8.52. The van der Waals surface area contributed by atoms with Crippen LogP contribution in [0, 0.1) is 6.92 Å². The van der Waals surface area contributed by atoms with E-state index in [-0.39, 0.29) is 16.8 Å². The second-order valence-corrected chi connectivity index (χ2v) is 5.72. The van der Waals surface area contributed by atoms with E-state index in [1.807, 2.05) is 12.3 Å². The lowest BCUT2D eigenvalue weighted by Crippen LogP contribution is -2.49. The highest BCUT2D eigenvalue weighted by atomic mass is 35.5. The normalized spacial score (nSPS) is 10.5. The Hall–Kier alpha value is -2.09. The molecule has 0 bridgehead atoms. The summed E-state index contributed by atoms with van der Waals surface area (Å²) in [6, 6.07) is -0.183. The van der Waals surface area contributed by atoms with Crippen LogP contribution in [0.15, 0.2) is 0 Å². The zero-order chi connectivity index (χ0) is 17.6. The number of hydrogen-bond donors (Lipinski definition) is 3. The number of carbonyl (C=O) groups excluding carboxylic acids is 3. The Morgan fingerprint density at radius 3 is 2.43 bits per heavy atom. The van der Waals surface area contributed by atoms with Crippen molar-refractivity contribution in [1.29, 1.82) is 0 Å². The first-order valence-electron chi connectivity index (χ1n) is 7.42. The summed E-state index contributed by atoms with van der Waals surface area (Å²) in [6.45, 7) is 7.73. The summed E-state index contributed by atoms with van der Waals surface area (Å²) in [7, 11) is 0. The van der Waals surface area contributed by atoms with Crippen LogP contribution in [0.5, 0.6) is 0 Å². The average molecular weight is 344 g/mol. The molecule has 1 rings (SSSR count). The molecular weight excluding hydrogens is 322 g/mol. The minimum Gasteiger partial charge on any atom is -0.346 e. The van der Waals surface area contributed by atoms with Gasteiger partial charge in [0.15, 0.2) is 0 Å². The fourth-order valence-electron chi connectivity index (χ4n) is 1.83. The van der Waals surface area contributed by atoms with Crippen LogP contribution in [0.25, 0.3) is 0 Å². The molecule has 9 heteroatoms. The summed E-state index contributed by atoms with van der Waals surface area (Å²) in [5, 5.41) is 6.82. The number of rotatable bonds is 5. The first-order chi connectivity index (χ1) is 10.8. The van der Waals surface area contributed by atoms with Gasteiger partial charge in [-0.3, -0.25) is 29.9 Å². The summed E-state index contributed by atoms with van der Waals surface area (Å²) in [5.74, 6) is -2.41. The molecule has 1 aromatic heterocycles. The summed E-state index contributed by atoms with van der Waals surface area (Å²) in [5.41, 5.74) is 4.84. The van der Waals surface area contributed by atoms with Crippen molar-refractivity contribution in [1.82, 2.24) is 25.9 Å². The van der Waals surface area contributed by atoms with Crippen LogP contribution in [0.1, 0.15) is 49.7 Å². The van der Waals surface area contributed by atoms with E-state index >= 15 is 0 Å². The lowest BCUT2D eigenvalue weighted by molar-refractivity contribution is -0.139. The van der Waals surface area contributed by atoms with E-state index in [0.29, 0.717) is 12.2 Å². The third-order valence-electron chi connectivity index (χ3n) is 2.93. The third kappa shape index (κ3) is 5.24. The lowest BCUT2D eigenvalue weighted by Gasteiger charge is -2.09. The van der Waals surface area contributed by atoms with E-state index < -0.39 is 17.7 Å². The third-order valence-corrected chi connectivity index (χ3v) is 3.32. The molecule has 0 saturated carbocycles. The van der Waals surface area contributed by atoms with Gasteiger partial charge in [-0.05, 0) is 27.2 Å². The van der Waals surface area contributed by atoms with Crippen LogP contribution >= 0.6 is 11.6 Å². The quantitative estimate of drug-likeness (QED) is 0.546. The topological polar surface area (TPSA) is 105 Å². The maximum Gasteiger partial charge on any atom is 0.327 e. The number of nitrogens with one attached hydrogen (secondary N) is 3. The van der Waals surface area contributed by atoms with Crippen molar-refractivity contribution in [3.63, 3.8) is 0 Å². The highest BCUT2D eigenvalue weighted by molar-refractivity contribution is 6.35. The van der Waals surface area contributed by atoms with Crippen molar-refractivity contribution in [3.8, 4) is 0 Å². The SMILES string of the molecule is CCCCn1nc(C)c(C(=O)NNC(=O)C(=O)NC(C)C)c1Cl. The number of hydrogen-bond acceptors (Lipinski definition) is 4. The molecule has 0 saturated heterocycles. The van der Waals surface area contributed by atoms with Gasteiger partial charge in [0.25, 0.3) is 5.91 Å². The van der Waals surface area contributed by atoms with E-state index in [4.69, 9.17) is 11.6 Å². The van der Waals surface area contributed by atoms with E-state index in [9.17, 15) is 14.4 Å². The molecule has 0 aliphatic carbocycles. The smallest absolute Gasteiger partial charge is 0.327 e. The number of hydrazine groups is 1. The predicted octanol–water partition coefficient (Wildman–Crippen LogP) is 0.931. The average Bonchev–Trinajstić information content (AvgIpc) is 2.75. The van der Waals surface area contributed by atoms with Gasteiger partial charge in [-0.2, -0.15) is 5.10 Å². The number of carbonyl (C=O) groups is 3. The Bertz CT molecular complexity index is 597. The van der Waals surface area contributed by atoms with Gasteiger partial charge in [-0.25, -0.2) is 0 Å². The van der Waals surface area contributed by atoms with Gasteiger partial charge >= 0.3 is 11.8 Å². The van der Waals surface area contributed by atoms with Crippen molar-refractivity contribution in [3.05, 3.63) is 16.4 Å². The standard InChI is InChI=1S/C14H22ClN5O3/c1-5-6-7-20-11(15)10(9(4)19-20)12(21)17-18-14(23)13(22)16-8(2)3/h8H,5-7H2,1-4H3,(H,16,22)(H,17,21)(H,18,23). The molecule has 128 valence electrons. The van der Waals surface area contributed by atoms with Crippen LogP contribution < -0.4 is 16.2 Å². The Kier molecular flexibility index (Phi) is 7.02. The molecular formula is C14H22ClN5O3. The minimum absolute atomic E-state index is 0.173. The zero-order valence-corrected chi connectivity index (χ0v) is 14.5. The summed E-state index contributed by atoms with van der Waals surface area (Å²) in [6.07, 6.45) is 1.85.